The SMILES string of the molecule is Nc1nc2cc(Cl)c([N+](=O)[O-])cc2[nH]1. The van der Waals surface area contributed by atoms with Crippen LogP contribution >= 0.6 is 11.6 Å². The maximum absolute atomic E-state index is 10.5. The third-order valence-corrected chi connectivity index (χ3v) is 2.07. The second-order valence-corrected chi connectivity index (χ2v) is 3.11. The first-order valence-corrected chi connectivity index (χ1v) is 4.05. The number of imidazole rings is 1. The number of nitro benzene ring substituents is 1. The van der Waals surface area contributed by atoms with Crippen LogP contribution < -0.4 is 5.73 Å². The second-order valence-electron chi connectivity index (χ2n) is 2.70. The number of hydrogen-bond acceptors (Lipinski definition) is 4. The van der Waals surface area contributed by atoms with Crippen molar-refractivity contribution >= 4 is 34.3 Å². The molecule has 2 rings (SSSR count). The van der Waals surface area contributed by atoms with Crippen molar-refractivity contribution < 1.29 is 4.92 Å². The van der Waals surface area contributed by atoms with Crippen LogP contribution in [0, 0.1) is 10.1 Å². The molecule has 6 nitrogen and oxygen atoms in total. The lowest BCUT2D eigenvalue weighted by molar-refractivity contribution is -0.384. The summed E-state index contributed by atoms with van der Waals surface area (Å²) >= 11 is 5.67. The summed E-state index contributed by atoms with van der Waals surface area (Å²) in [6.07, 6.45) is 0. The lowest BCUT2D eigenvalue weighted by Crippen LogP contribution is -1.88. The minimum atomic E-state index is -0.557. The van der Waals surface area contributed by atoms with E-state index in [1.165, 1.54) is 12.1 Å². The van der Waals surface area contributed by atoms with Gasteiger partial charge in [-0.1, -0.05) is 11.6 Å². The molecule has 0 amide bonds. The summed E-state index contributed by atoms with van der Waals surface area (Å²) in [6, 6.07) is 2.71. The molecule has 72 valence electrons. The summed E-state index contributed by atoms with van der Waals surface area (Å²) in [7, 11) is 0. The molecule has 3 N–H and O–H groups in total. The van der Waals surface area contributed by atoms with Crippen molar-refractivity contribution in [3.05, 3.63) is 27.3 Å². The molecule has 0 aliphatic rings. The molecule has 0 spiro atoms. The van der Waals surface area contributed by atoms with Gasteiger partial charge >= 0.3 is 0 Å². The number of nitrogens with two attached hydrogens (primary N) is 1. The van der Waals surface area contributed by atoms with Gasteiger partial charge in [0.2, 0.25) is 0 Å². The fraction of sp³-hybridized carbons (Fsp3) is 0. The lowest BCUT2D eigenvalue weighted by Gasteiger charge is -1.93. The highest BCUT2D eigenvalue weighted by molar-refractivity contribution is 6.33. The molecule has 0 atom stereocenters. The van der Waals surface area contributed by atoms with Gasteiger partial charge in [-0.15, -0.1) is 0 Å². The summed E-state index contributed by atoms with van der Waals surface area (Å²) in [6.45, 7) is 0. The Bertz CT molecular complexity index is 522. The number of aromatic nitrogens is 2. The van der Waals surface area contributed by atoms with E-state index in [2.05, 4.69) is 9.97 Å². The molecule has 0 aliphatic carbocycles. The number of benzene rings is 1. The van der Waals surface area contributed by atoms with Crippen LogP contribution in [0.4, 0.5) is 11.6 Å². The fourth-order valence-corrected chi connectivity index (χ4v) is 1.41. The number of hydrogen-bond donors (Lipinski definition) is 2. The van der Waals surface area contributed by atoms with Crippen LogP contribution in [0.5, 0.6) is 0 Å². The standard InChI is InChI=1S/C7H5ClN4O2/c8-3-1-4-5(11-7(9)10-4)2-6(3)12(13)14/h1-2H,(H3,9,10,11). The molecule has 0 radical (unpaired) electrons. The number of rotatable bonds is 1. The van der Waals surface area contributed by atoms with Crippen molar-refractivity contribution in [3.63, 3.8) is 0 Å². The van der Waals surface area contributed by atoms with Crippen molar-refractivity contribution in [3.8, 4) is 0 Å². The third-order valence-electron chi connectivity index (χ3n) is 1.77. The van der Waals surface area contributed by atoms with Gasteiger partial charge < -0.3 is 10.7 Å². The molecular weight excluding hydrogens is 208 g/mol. The van der Waals surface area contributed by atoms with Gasteiger partial charge in [0.05, 0.1) is 16.0 Å². The first-order valence-electron chi connectivity index (χ1n) is 3.67. The topological polar surface area (TPSA) is 97.8 Å². The number of H-pyrrole nitrogens is 1. The predicted octanol–water partition coefficient (Wildman–Crippen LogP) is 1.71. The molecule has 1 aromatic carbocycles. The molecule has 0 bridgehead atoms. The van der Waals surface area contributed by atoms with E-state index < -0.39 is 4.92 Å². The van der Waals surface area contributed by atoms with Gasteiger partial charge in [0, 0.05) is 6.07 Å². The van der Waals surface area contributed by atoms with Gasteiger partial charge in [0.1, 0.15) is 5.02 Å². The van der Waals surface area contributed by atoms with Gasteiger partial charge in [0.15, 0.2) is 5.95 Å². The Balaban J connectivity index is 2.76. The van der Waals surface area contributed by atoms with Gasteiger partial charge in [-0.25, -0.2) is 4.98 Å². The Morgan fingerprint density at radius 2 is 2.29 bits per heavy atom. The Hall–Kier alpha value is -1.82. The maximum Gasteiger partial charge on any atom is 0.290 e. The summed E-state index contributed by atoms with van der Waals surface area (Å²) in [5.74, 6) is 0.205. The van der Waals surface area contributed by atoms with Crippen molar-refractivity contribution in [2.24, 2.45) is 0 Å². The third kappa shape index (κ3) is 1.25. The van der Waals surface area contributed by atoms with Gasteiger partial charge in [-0.3, -0.25) is 10.1 Å². The fourth-order valence-electron chi connectivity index (χ4n) is 1.18. The molecule has 0 fully saturated rings. The second kappa shape index (κ2) is 2.85. The van der Waals surface area contributed by atoms with Crippen LogP contribution in [0.15, 0.2) is 12.1 Å². The Morgan fingerprint density at radius 3 is 2.93 bits per heavy atom. The normalized spacial score (nSPS) is 10.6. The maximum atomic E-state index is 10.5. The minimum absolute atomic E-state index is 0.0500. The summed E-state index contributed by atoms with van der Waals surface area (Å²) in [5, 5.41) is 10.6. The number of nitro groups is 1. The predicted molar refractivity (Wildman–Crippen MR) is 52.2 cm³/mol. The highest BCUT2D eigenvalue weighted by Crippen LogP contribution is 2.28. The zero-order valence-electron chi connectivity index (χ0n) is 6.82. The highest BCUT2D eigenvalue weighted by Gasteiger charge is 2.14. The van der Waals surface area contributed by atoms with E-state index in [1.54, 1.807) is 0 Å². The largest absolute Gasteiger partial charge is 0.369 e. The molecule has 0 unspecified atom stereocenters. The van der Waals surface area contributed by atoms with Crippen molar-refractivity contribution in [2.75, 3.05) is 5.73 Å². The zero-order valence-corrected chi connectivity index (χ0v) is 7.58. The molecule has 0 saturated heterocycles. The van der Waals surface area contributed by atoms with E-state index in [-0.39, 0.29) is 16.7 Å². The quantitative estimate of drug-likeness (QED) is 0.555. The molecule has 0 aliphatic heterocycles. The number of nitrogens with one attached hydrogen (secondary N) is 1. The Morgan fingerprint density at radius 1 is 1.57 bits per heavy atom. The molecular formula is C7H5ClN4O2. The van der Waals surface area contributed by atoms with Crippen molar-refractivity contribution in [1.82, 2.24) is 9.97 Å². The van der Waals surface area contributed by atoms with Crippen LogP contribution in [0.1, 0.15) is 0 Å². The van der Waals surface area contributed by atoms with Crippen LogP contribution in [-0.4, -0.2) is 14.9 Å². The minimum Gasteiger partial charge on any atom is -0.369 e. The summed E-state index contributed by atoms with van der Waals surface area (Å²) in [5.41, 5.74) is 6.23. The monoisotopic (exact) mass is 212 g/mol. The van der Waals surface area contributed by atoms with E-state index in [0.717, 1.165) is 0 Å². The Labute approximate surface area is 82.8 Å². The van der Waals surface area contributed by atoms with Crippen LogP contribution in [0.3, 0.4) is 0 Å². The van der Waals surface area contributed by atoms with Crippen LogP contribution in [0.25, 0.3) is 11.0 Å². The van der Waals surface area contributed by atoms with E-state index in [9.17, 15) is 10.1 Å². The first-order chi connectivity index (χ1) is 6.58. The number of halogens is 1. The number of nitrogens with zero attached hydrogens (tertiary/aromatic N) is 2. The lowest BCUT2D eigenvalue weighted by atomic mass is 10.3. The van der Waals surface area contributed by atoms with E-state index in [0.29, 0.717) is 11.0 Å². The van der Waals surface area contributed by atoms with E-state index in [1.807, 2.05) is 0 Å². The van der Waals surface area contributed by atoms with E-state index in [4.69, 9.17) is 17.3 Å². The Kier molecular flexibility index (Phi) is 1.78. The number of anilines is 1. The first kappa shape index (κ1) is 8.76. The van der Waals surface area contributed by atoms with Crippen LogP contribution in [-0.2, 0) is 0 Å². The molecule has 7 heteroatoms. The molecule has 14 heavy (non-hydrogen) atoms. The highest BCUT2D eigenvalue weighted by atomic mass is 35.5. The van der Waals surface area contributed by atoms with Gasteiger partial charge in [-0.2, -0.15) is 0 Å². The van der Waals surface area contributed by atoms with E-state index >= 15 is 0 Å². The molecule has 2 aromatic rings. The van der Waals surface area contributed by atoms with Crippen LogP contribution in [0.2, 0.25) is 5.02 Å². The molecule has 0 saturated carbocycles. The van der Waals surface area contributed by atoms with Gasteiger partial charge in [0.25, 0.3) is 5.69 Å². The summed E-state index contributed by atoms with van der Waals surface area (Å²) in [4.78, 5) is 16.5. The van der Waals surface area contributed by atoms with Crippen molar-refractivity contribution in [1.29, 1.82) is 0 Å². The number of nitrogen functional groups attached to an aromatic ring is 1. The number of fused-ring (bicyclic) bond motifs is 1. The average molecular weight is 213 g/mol. The average Bonchev–Trinajstić information content (AvgIpc) is 2.42. The zero-order chi connectivity index (χ0) is 10.3. The molecule has 1 aromatic heterocycles. The van der Waals surface area contributed by atoms with Gasteiger partial charge in [-0.05, 0) is 6.07 Å². The smallest absolute Gasteiger partial charge is 0.290 e. The number of aromatic amines is 1. The summed E-state index contributed by atoms with van der Waals surface area (Å²) < 4.78 is 0. The van der Waals surface area contributed by atoms with Crippen molar-refractivity contribution in [2.45, 2.75) is 0 Å². The molecule has 1 heterocycles.